The van der Waals surface area contributed by atoms with E-state index in [1.165, 1.54) is 6.07 Å². The molecule has 0 amide bonds. The van der Waals surface area contributed by atoms with Crippen molar-refractivity contribution in [2.75, 3.05) is 7.05 Å². The fourth-order valence-electron chi connectivity index (χ4n) is 2.40. The molecule has 0 aliphatic rings. The van der Waals surface area contributed by atoms with Crippen LogP contribution in [0.15, 0.2) is 36.4 Å². The molecule has 19 heavy (non-hydrogen) atoms. The third-order valence-corrected chi connectivity index (χ3v) is 3.61. The summed E-state index contributed by atoms with van der Waals surface area (Å²) in [6, 6.07) is 10.8. The molecule has 0 saturated carbocycles. The Morgan fingerprint density at radius 1 is 1.00 bits per heavy atom. The Labute approximate surface area is 118 Å². The van der Waals surface area contributed by atoms with Crippen molar-refractivity contribution in [3.63, 3.8) is 0 Å². The maximum Gasteiger partial charge on any atom is 0.123 e. The van der Waals surface area contributed by atoms with Crippen LogP contribution < -0.4 is 5.32 Å². The second-order valence-corrected chi connectivity index (χ2v) is 5.16. The quantitative estimate of drug-likeness (QED) is 0.876. The molecule has 1 N–H and O–H groups in total. The Morgan fingerprint density at radius 2 is 1.58 bits per heavy atom. The van der Waals surface area contributed by atoms with Gasteiger partial charge in [0, 0.05) is 5.02 Å². The molecule has 0 spiro atoms. The SMILES string of the molecule is CNC(c1ccc(F)cc1C)c1ccc(Cl)cc1C. The molecular formula is C16H17ClFN. The van der Waals surface area contributed by atoms with Crippen LogP contribution in [0.3, 0.4) is 0 Å². The van der Waals surface area contributed by atoms with Gasteiger partial charge in [0.15, 0.2) is 0 Å². The number of hydrogen-bond acceptors (Lipinski definition) is 1. The minimum absolute atomic E-state index is 0.0397. The largest absolute Gasteiger partial charge is 0.309 e. The summed E-state index contributed by atoms with van der Waals surface area (Å²) in [4.78, 5) is 0. The fourth-order valence-corrected chi connectivity index (χ4v) is 2.63. The van der Waals surface area contributed by atoms with Crippen molar-refractivity contribution in [3.8, 4) is 0 Å². The second-order valence-electron chi connectivity index (χ2n) is 4.72. The van der Waals surface area contributed by atoms with Gasteiger partial charge in [-0.15, -0.1) is 0 Å². The molecule has 0 fully saturated rings. The topological polar surface area (TPSA) is 12.0 Å². The van der Waals surface area contributed by atoms with Crippen LogP contribution >= 0.6 is 11.6 Å². The highest BCUT2D eigenvalue weighted by Crippen LogP contribution is 2.28. The van der Waals surface area contributed by atoms with Crippen molar-refractivity contribution in [3.05, 3.63) is 69.5 Å². The number of nitrogens with one attached hydrogen (secondary N) is 1. The first-order valence-corrected chi connectivity index (χ1v) is 6.60. The van der Waals surface area contributed by atoms with E-state index in [9.17, 15) is 4.39 Å². The summed E-state index contributed by atoms with van der Waals surface area (Å²) >= 11 is 5.99. The van der Waals surface area contributed by atoms with Gasteiger partial charge in [0.1, 0.15) is 5.82 Å². The van der Waals surface area contributed by atoms with Crippen LogP contribution in [0.2, 0.25) is 5.02 Å². The monoisotopic (exact) mass is 277 g/mol. The van der Waals surface area contributed by atoms with Crippen molar-refractivity contribution in [1.82, 2.24) is 5.32 Å². The first-order valence-electron chi connectivity index (χ1n) is 6.22. The minimum Gasteiger partial charge on any atom is -0.309 e. The van der Waals surface area contributed by atoms with E-state index >= 15 is 0 Å². The van der Waals surface area contributed by atoms with E-state index in [1.807, 2.05) is 45.2 Å². The van der Waals surface area contributed by atoms with Crippen LogP contribution in [0.1, 0.15) is 28.3 Å². The summed E-state index contributed by atoms with van der Waals surface area (Å²) < 4.78 is 13.2. The van der Waals surface area contributed by atoms with Gasteiger partial charge in [-0.2, -0.15) is 0 Å². The lowest BCUT2D eigenvalue weighted by molar-refractivity contribution is 0.621. The predicted molar refractivity (Wildman–Crippen MR) is 78.2 cm³/mol. The molecular weight excluding hydrogens is 261 g/mol. The summed E-state index contributed by atoms with van der Waals surface area (Å²) in [6.07, 6.45) is 0. The molecule has 0 heterocycles. The normalized spacial score (nSPS) is 12.5. The van der Waals surface area contributed by atoms with E-state index in [-0.39, 0.29) is 11.9 Å². The van der Waals surface area contributed by atoms with Crippen LogP contribution in [0.25, 0.3) is 0 Å². The maximum absolute atomic E-state index is 13.2. The van der Waals surface area contributed by atoms with E-state index in [0.717, 1.165) is 27.3 Å². The van der Waals surface area contributed by atoms with Gasteiger partial charge in [0.05, 0.1) is 6.04 Å². The average Bonchev–Trinajstić information content (AvgIpc) is 2.34. The predicted octanol–water partition coefficient (Wildman–Crippen LogP) is 4.40. The molecule has 0 aliphatic heterocycles. The smallest absolute Gasteiger partial charge is 0.123 e. The molecule has 0 aromatic heterocycles. The summed E-state index contributed by atoms with van der Waals surface area (Å²) in [6.45, 7) is 3.96. The minimum atomic E-state index is -0.205. The molecule has 2 aromatic carbocycles. The van der Waals surface area contributed by atoms with Crippen LogP contribution in [0.5, 0.6) is 0 Å². The van der Waals surface area contributed by atoms with Crippen molar-refractivity contribution in [2.24, 2.45) is 0 Å². The average molecular weight is 278 g/mol. The molecule has 1 nitrogen and oxygen atoms in total. The Balaban J connectivity index is 2.50. The third kappa shape index (κ3) is 2.96. The molecule has 3 heteroatoms. The van der Waals surface area contributed by atoms with Gasteiger partial charge in [0.2, 0.25) is 0 Å². The Kier molecular flexibility index (Phi) is 4.23. The van der Waals surface area contributed by atoms with Gasteiger partial charge < -0.3 is 5.32 Å². The van der Waals surface area contributed by atoms with Gasteiger partial charge in [-0.3, -0.25) is 0 Å². The van der Waals surface area contributed by atoms with E-state index < -0.39 is 0 Å². The van der Waals surface area contributed by atoms with E-state index in [4.69, 9.17) is 11.6 Å². The lowest BCUT2D eigenvalue weighted by atomic mass is 9.92. The number of benzene rings is 2. The van der Waals surface area contributed by atoms with Crippen LogP contribution in [0.4, 0.5) is 4.39 Å². The number of hydrogen-bond donors (Lipinski definition) is 1. The van der Waals surface area contributed by atoms with Crippen molar-refractivity contribution >= 4 is 11.6 Å². The zero-order valence-electron chi connectivity index (χ0n) is 11.3. The molecule has 1 unspecified atom stereocenters. The van der Waals surface area contributed by atoms with Crippen LogP contribution in [-0.2, 0) is 0 Å². The molecule has 0 aliphatic carbocycles. The summed E-state index contributed by atoms with van der Waals surface area (Å²) in [5.41, 5.74) is 4.29. The lowest BCUT2D eigenvalue weighted by Gasteiger charge is -2.21. The standard InChI is InChI=1S/C16H17ClFN/c1-10-8-12(17)4-6-14(10)16(19-3)15-7-5-13(18)9-11(15)2/h4-9,16,19H,1-3H3. The van der Waals surface area contributed by atoms with Gasteiger partial charge in [-0.25, -0.2) is 4.39 Å². The molecule has 0 saturated heterocycles. The summed E-state index contributed by atoms with van der Waals surface area (Å²) in [7, 11) is 1.90. The highest BCUT2D eigenvalue weighted by molar-refractivity contribution is 6.30. The molecule has 0 radical (unpaired) electrons. The molecule has 0 bridgehead atoms. The molecule has 100 valence electrons. The zero-order chi connectivity index (χ0) is 14.0. The summed E-state index contributed by atoms with van der Waals surface area (Å²) in [5.74, 6) is -0.205. The van der Waals surface area contributed by atoms with Gasteiger partial charge in [0.25, 0.3) is 0 Å². The number of aryl methyl sites for hydroxylation is 2. The zero-order valence-corrected chi connectivity index (χ0v) is 12.1. The fraction of sp³-hybridized carbons (Fsp3) is 0.250. The third-order valence-electron chi connectivity index (χ3n) is 3.37. The summed E-state index contributed by atoms with van der Waals surface area (Å²) in [5, 5.41) is 4.02. The van der Waals surface area contributed by atoms with Gasteiger partial charge in [-0.1, -0.05) is 23.7 Å². The van der Waals surface area contributed by atoms with E-state index in [0.29, 0.717) is 0 Å². The van der Waals surface area contributed by atoms with Gasteiger partial charge >= 0.3 is 0 Å². The first-order chi connectivity index (χ1) is 9.02. The first kappa shape index (κ1) is 14.0. The number of rotatable bonds is 3. The van der Waals surface area contributed by atoms with E-state index in [1.54, 1.807) is 6.07 Å². The van der Waals surface area contributed by atoms with Crippen molar-refractivity contribution < 1.29 is 4.39 Å². The maximum atomic E-state index is 13.2. The molecule has 1 atom stereocenters. The highest BCUT2D eigenvalue weighted by Gasteiger charge is 2.16. The second kappa shape index (κ2) is 5.72. The van der Waals surface area contributed by atoms with E-state index in [2.05, 4.69) is 5.32 Å². The van der Waals surface area contributed by atoms with Crippen molar-refractivity contribution in [2.45, 2.75) is 19.9 Å². The highest BCUT2D eigenvalue weighted by atomic mass is 35.5. The van der Waals surface area contributed by atoms with Crippen molar-refractivity contribution in [1.29, 1.82) is 0 Å². The van der Waals surface area contributed by atoms with Gasteiger partial charge in [-0.05, 0) is 67.4 Å². The Morgan fingerprint density at radius 3 is 2.11 bits per heavy atom. The molecule has 2 rings (SSSR count). The number of halogens is 2. The van der Waals surface area contributed by atoms with Crippen LogP contribution in [-0.4, -0.2) is 7.05 Å². The molecule has 2 aromatic rings. The Bertz CT molecular complexity index is 544. The lowest BCUT2D eigenvalue weighted by Crippen LogP contribution is -2.19. The Hall–Kier alpha value is -1.38. The van der Waals surface area contributed by atoms with Crippen LogP contribution in [0, 0.1) is 19.7 Å².